The average molecular weight is 390 g/mol. The van der Waals surface area contributed by atoms with Crippen molar-refractivity contribution in [2.45, 2.75) is 6.54 Å². The summed E-state index contributed by atoms with van der Waals surface area (Å²) in [6.45, 7) is 6.21. The van der Waals surface area contributed by atoms with E-state index in [0.29, 0.717) is 0 Å². The molecule has 0 radical (unpaired) electrons. The first-order valence-corrected chi connectivity index (χ1v) is 10.1. The lowest BCUT2D eigenvalue weighted by molar-refractivity contribution is 0.0398. The molecular formula is C23H27N5O. The highest BCUT2D eigenvalue weighted by molar-refractivity contribution is 5.62. The molecule has 1 saturated heterocycles. The van der Waals surface area contributed by atoms with Crippen LogP contribution in [0.3, 0.4) is 0 Å². The first-order valence-electron chi connectivity index (χ1n) is 10.1. The minimum atomic E-state index is 0.745. The Labute approximate surface area is 172 Å². The van der Waals surface area contributed by atoms with Gasteiger partial charge in [0.2, 0.25) is 0 Å². The molecule has 0 spiro atoms. The van der Waals surface area contributed by atoms with Crippen molar-refractivity contribution in [2.24, 2.45) is 0 Å². The SMILES string of the molecule is c1ccc(CN(c2ccccc2)c2cc(NCCN3CCOCC3)ncn2)cc1. The molecule has 3 aromatic rings. The van der Waals surface area contributed by atoms with E-state index in [1.807, 2.05) is 18.2 Å². The molecule has 4 rings (SSSR count). The number of hydrogen-bond donors (Lipinski definition) is 1. The number of nitrogens with zero attached hydrogens (tertiary/aromatic N) is 4. The number of benzene rings is 2. The summed E-state index contributed by atoms with van der Waals surface area (Å²) in [7, 11) is 0. The predicted octanol–water partition coefficient (Wildman–Crippen LogP) is 3.56. The molecule has 150 valence electrons. The standard InChI is InChI=1S/C23H27N5O/c1-3-7-20(8-4-1)18-28(21-9-5-2-6-10-21)23-17-22(25-19-26-23)24-11-12-27-13-15-29-16-14-27/h1-10,17,19H,11-16,18H2,(H,24,25,26). The van der Waals surface area contributed by atoms with Crippen LogP contribution in [0.25, 0.3) is 0 Å². The third-order valence-electron chi connectivity index (χ3n) is 5.02. The highest BCUT2D eigenvalue weighted by atomic mass is 16.5. The quantitative estimate of drug-likeness (QED) is 0.636. The van der Waals surface area contributed by atoms with Gasteiger partial charge in [-0.1, -0.05) is 48.5 Å². The molecule has 1 aromatic heterocycles. The van der Waals surface area contributed by atoms with Gasteiger partial charge in [0.1, 0.15) is 18.0 Å². The Balaban J connectivity index is 1.47. The Morgan fingerprint density at radius 2 is 1.66 bits per heavy atom. The van der Waals surface area contributed by atoms with Gasteiger partial charge in [-0.25, -0.2) is 9.97 Å². The fourth-order valence-corrected chi connectivity index (χ4v) is 3.44. The second kappa shape index (κ2) is 10.0. The van der Waals surface area contributed by atoms with E-state index < -0.39 is 0 Å². The lowest BCUT2D eigenvalue weighted by Gasteiger charge is -2.27. The Morgan fingerprint density at radius 3 is 2.41 bits per heavy atom. The maximum absolute atomic E-state index is 5.41. The Hall–Kier alpha value is -2.96. The number of aromatic nitrogens is 2. The summed E-state index contributed by atoms with van der Waals surface area (Å²) in [5, 5.41) is 3.44. The lowest BCUT2D eigenvalue weighted by atomic mass is 10.2. The van der Waals surface area contributed by atoms with Gasteiger partial charge in [0.05, 0.1) is 13.2 Å². The Morgan fingerprint density at radius 1 is 0.931 bits per heavy atom. The molecular weight excluding hydrogens is 362 g/mol. The van der Waals surface area contributed by atoms with Crippen LogP contribution in [0.15, 0.2) is 73.1 Å². The van der Waals surface area contributed by atoms with Crippen molar-refractivity contribution in [3.8, 4) is 0 Å². The summed E-state index contributed by atoms with van der Waals surface area (Å²) in [5.41, 5.74) is 2.34. The highest BCUT2D eigenvalue weighted by Gasteiger charge is 2.13. The van der Waals surface area contributed by atoms with Crippen molar-refractivity contribution >= 4 is 17.3 Å². The molecule has 0 atom stereocenters. The molecule has 1 N–H and O–H groups in total. The number of rotatable bonds is 8. The molecule has 2 heterocycles. The largest absolute Gasteiger partial charge is 0.379 e. The summed E-state index contributed by atoms with van der Waals surface area (Å²) < 4.78 is 5.41. The van der Waals surface area contributed by atoms with Crippen LogP contribution in [0.5, 0.6) is 0 Å². The van der Waals surface area contributed by atoms with Crippen molar-refractivity contribution in [3.63, 3.8) is 0 Å². The third-order valence-corrected chi connectivity index (χ3v) is 5.02. The van der Waals surface area contributed by atoms with E-state index in [1.54, 1.807) is 6.33 Å². The van der Waals surface area contributed by atoms with Crippen LogP contribution in [0, 0.1) is 0 Å². The summed E-state index contributed by atoms with van der Waals surface area (Å²) in [6.07, 6.45) is 1.63. The number of hydrogen-bond acceptors (Lipinski definition) is 6. The highest BCUT2D eigenvalue weighted by Crippen LogP contribution is 2.26. The van der Waals surface area contributed by atoms with E-state index in [4.69, 9.17) is 4.74 Å². The van der Waals surface area contributed by atoms with E-state index in [2.05, 4.69) is 73.6 Å². The first kappa shape index (κ1) is 19.4. The van der Waals surface area contributed by atoms with E-state index >= 15 is 0 Å². The van der Waals surface area contributed by atoms with E-state index in [1.165, 1.54) is 5.56 Å². The van der Waals surface area contributed by atoms with Crippen LogP contribution >= 0.6 is 0 Å². The van der Waals surface area contributed by atoms with E-state index in [9.17, 15) is 0 Å². The zero-order valence-corrected chi connectivity index (χ0v) is 16.6. The molecule has 6 nitrogen and oxygen atoms in total. The van der Waals surface area contributed by atoms with Crippen molar-refractivity contribution in [2.75, 3.05) is 49.6 Å². The van der Waals surface area contributed by atoms with E-state index in [0.717, 1.165) is 63.3 Å². The van der Waals surface area contributed by atoms with Gasteiger partial charge in [0, 0.05) is 44.5 Å². The van der Waals surface area contributed by atoms with Crippen LogP contribution in [0.2, 0.25) is 0 Å². The smallest absolute Gasteiger partial charge is 0.138 e. The minimum absolute atomic E-state index is 0.745. The van der Waals surface area contributed by atoms with Gasteiger partial charge >= 0.3 is 0 Å². The summed E-state index contributed by atoms with van der Waals surface area (Å²) in [5.74, 6) is 1.72. The zero-order valence-electron chi connectivity index (χ0n) is 16.6. The van der Waals surface area contributed by atoms with Gasteiger partial charge in [-0.3, -0.25) is 4.90 Å². The molecule has 1 fully saturated rings. The third kappa shape index (κ3) is 5.53. The van der Waals surface area contributed by atoms with Crippen LogP contribution in [0.4, 0.5) is 17.3 Å². The predicted molar refractivity (Wildman–Crippen MR) is 117 cm³/mol. The van der Waals surface area contributed by atoms with Gasteiger partial charge in [0.15, 0.2) is 0 Å². The van der Waals surface area contributed by atoms with Gasteiger partial charge in [-0.05, 0) is 17.7 Å². The number of para-hydroxylation sites is 1. The van der Waals surface area contributed by atoms with Crippen LogP contribution in [-0.4, -0.2) is 54.3 Å². The molecule has 1 aliphatic heterocycles. The normalized spacial score (nSPS) is 14.5. The Bertz CT molecular complexity index is 869. The average Bonchev–Trinajstić information content (AvgIpc) is 2.80. The summed E-state index contributed by atoms with van der Waals surface area (Å²) in [4.78, 5) is 13.6. The molecule has 0 amide bonds. The number of ether oxygens (including phenoxy) is 1. The van der Waals surface area contributed by atoms with Gasteiger partial charge < -0.3 is 15.0 Å². The van der Waals surface area contributed by atoms with Crippen molar-refractivity contribution in [1.82, 2.24) is 14.9 Å². The molecule has 0 bridgehead atoms. The van der Waals surface area contributed by atoms with Crippen molar-refractivity contribution in [1.29, 1.82) is 0 Å². The fraction of sp³-hybridized carbons (Fsp3) is 0.304. The molecule has 0 unspecified atom stereocenters. The van der Waals surface area contributed by atoms with Gasteiger partial charge in [-0.2, -0.15) is 0 Å². The number of nitrogens with one attached hydrogen (secondary N) is 1. The van der Waals surface area contributed by atoms with Crippen LogP contribution < -0.4 is 10.2 Å². The molecule has 0 aliphatic carbocycles. The summed E-state index contributed by atoms with van der Waals surface area (Å²) in [6, 6.07) is 22.8. The number of anilines is 3. The zero-order chi connectivity index (χ0) is 19.7. The molecule has 0 saturated carbocycles. The molecule has 2 aromatic carbocycles. The van der Waals surface area contributed by atoms with Crippen molar-refractivity contribution < 1.29 is 4.74 Å². The Kier molecular flexibility index (Phi) is 6.68. The van der Waals surface area contributed by atoms with Crippen LogP contribution in [0.1, 0.15) is 5.56 Å². The monoisotopic (exact) mass is 389 g/mol. The summed E-state index contributed by atoms with van der Waals surface area (Å²) >= 11 is 0. The second-order valence-electron chi connectivity index (χ2n) is 7.05. The molecule has 29 heavy (non-hydrogen) atoms. The fourth-order valence-electron chi connectivity index (χ4n) is 3.44. The van der Waals surface area contributed by atoms with E-state index in [-0.39, 0.29) is 0 Å². The first-order chi connectivity index (χ1) is 14.4. The maximum atomic E-state index is 5.41. The minimum Gasteiger partial charge on any atom is -0.379 e. The second-order valence-corrected chi connectivity index (χ2v) is 7.05. The lowest BCUT2D eigenvalue weighted by Crippen LogP contribution is -2.39. The molecule has 1 aliphatic rings. The van der Waals surface area contributed by atoms with Crippen LogP contribution in [-0.2, 0) is 11.3 Å². The number of morpholine rings is 1. The van der Waals surface area contributed by atoms with Crippen molar-refractivity contribution in [3.05, 3.63) is 78.6 Å². The maximum Gasteiger partial charge on any atom is 0.138 e. The van der Waals surface area contributed by atoms with Gasteiger partial charge in [0.25, 0.3) is 0 Å². The topological polar surface area (TPSA) is 53.5 Å². The molecule has 6 heteroatoms. The van der Waals surface area contributed by atoms with Gasteiger partial charge in [-0.15, -0.1) is 0 Å².